The molecule has 2 aromatic rings. The molecule has 0 bridgehead atoms. The third kappa shape index (κ3) is 3.68. The molecule has 3 heterocycles. The van der Waals surface area contributed by atoms with E-state index in [1.807, 2.05) is 17.8 Å². The van der Waals surface area contributed by atoms with E-state index in [1.54, 1.807) is 0 Å². The van der Waals surface area contributed by atoms with Crippen LogP contribution in [0, 0.1) is 6.92 Å². The quantitative estimate of drug-likeness (QED) is 0.879. The maximum atomic E-state index is 12.9. The van der Waals surface area contributed by atoms with Crippen molar-refractivity contribution in [2.24, 2.45) is 0 Å². The molecule has 1 fully saturated rings. The zero-order valence-corrected chi connectivity index (χ0v) is 14.2. The minimum atomic E-state index is -4.51. The van der Waals surface area contributed by atoms with Gasteiger partial charge in [-0.1, -0.05) is 0 Å². The van der Waals surface area contributed by atoms with Crippen LogP contribution in [0.2, 0.25) is 0 Å². The smallest absolute Gasteiger partial charge is 0.372 e. The summed E-state index contributed by atoms with van der Waals surface area (Å²) in [5.74, 6) is -0.184. The van der Waals surface area contributed by atoms with Crippen LogP contribution in [0.4, 0.5) is 30.6 Å². The summed E-state index contributed by atoms with van der Waals surface area (Å²) < 4.78 is 40.6. The van der Waals surface area contributed by atoms with Gasteiger partial charge in [0, 0.05) is 26.0 Å². The average Bonchev–Trinajstić information content (AvgIpc) is 3.12. The van der Waals surface area contributed by atoms with Gasteiger partial charge in [-0.2, -0.15) is 23.3 Å². The van der Waals surface area contributed by atoms with Crippen molar-refractivity contribution < 1.29 is 13.2 Å². The highest BCUT2D eigenvalue weighted by Crippen LogP contribution is 2.34. The summed E-state index contributed by atoms with van der Waals surface area (Å²) in [6.07, 6.45) is -0.879. The number of aromatic nitrogens is 4. The molecule has 0 radical (unpaired) electrons. The first-order valence-electron chi connectivity index (χ1n) is 7.91. The highest BCUT2D eigenvalue weighted by Gasteiger charge is 2.35. The van der Waals surface area contributed by atoms with Crippen molar-refractivity contribution in [2.45, 2.75) is 25.6 Å². The number of hydrogen-bond donors (Lipinski definition) is 2. The molecule has 1 aliphatic heterocycles. The fourth-order valence-corrected chi connectivity index (χ4v) is 2.88. The fourth-order valence-electron chi connectivity index (χ4n) is 2.88. The van der Waals surface area contributed by atoms with Gasteiger partial charge in [0.15, 0.2) is 0 Å². The molecule has 0 amide bonds. The lowest BCUT2D eigenvalue weighted by molar-refractivity contribution is -0.137. The predicted molar refractivity (Wildman–Crippen MR) is 88.0 cm³/mol. The van der Waals surface area contributed by atoms with Crippen LogP contribution >= 0.6 is 0 Å². The first-order chi connectivity index (χ1) is 11.8. The molecule has 0 aliphatic carbocycles. The Kier molecular flexibility index (Phi) is 4.55. The van der Waals surface area contributed by atoms with Gasteiger partial charge in [0.1, 0.15) is 11.4 Å². The topological polar surface area (TPSA) is 70.9 Å². The molecule has 0 spiro atoms. The third-order valence-electron chi connectivity index (χ3n) is 4.23. The highest BCUT2D eigenvalue weighted by molar-refractivity contribution is 5.57. The first-order valence-corrected chi connectivity index (χ1v) is 7.91. The SMILES string of the molecule is CNc1nc(Nc2cn([C@@H]3CCN(C)C3)nc2C)ncc1C(F)(F)F. The van der Waals surface area contributed by atoms with Gasteiger partial charge in [-0.3, -0.25) is 4.68 Å². The number of nitrogens with zero attached hydrogens (tertiary/aromatic N) is 5. The molecule has 0 aromatic carbocycles. The first kappa shape index (κ1) is 17.5. The Labute approximate surface area is 143 Å². The summed E-state index contributed by atoms with van der Waals surface area (Å²) in [4.78, 5) is 9.92. The number of likely N-dealkylation sites (tertiary alicyclic amines) is 1. The van der Waals surface area contributed by atoms with Crippen LogP contribution in [-0.4, -0.2) is 51.8 Å². The second-order valence-corrected chi connectivity index (χ2v) is 6.14. The van der Waals surface area contributed by atoms with Crippen LogP contribution in [0.3, 0.4) is 0 Å². The zero-order valence-electron chi connectivity index (χ0n) is 14.2. The lowest BCUT2D eigenvalue weighted by Gasteiger charge is -2.12. The maximum absolute atomic E-state index is 12.9. The lowest BCUT2D eigenvalue weighted by Crippen LogP contribution is -2.16. The van der Waals surface area contributed by atoms with Gasteiger partial charge in [0.25, 0.3) is 0 Å². The summed E-state index contributed by atoms with van der Waals surface area (Å²) in [7, 11) is 3.45. The monoisotopic (exact) mass is 355 g/mol. The summed E-state index contributed by atoms with van der Waals surface area (Å²) >= 11 is 0. The van der Waals surface area contributed by atoms with Crippen LogP contribution in [0.1, 0.15) is 23.7 Å². The van der Waals surface area contributed by atoms with Crippen molar-refractivity contribution >= 4 is 17.5 Å². The van der Waals surface area contributed by atoms with Crippen molar-refractivity contribution in [1.82, 2.24) is 24.6 Å². The average molecular weight is 355 g/mol. The van der Waals surface area contributed by atoms with E-state index >= 15 is 0 Å². The van der Waals surface area contributed by atoms with E-state index in [9.17, 15) is 13.2 Å². The van der Waals surface area contributed by atoms with Crippen molar-refractivity contribution in [3.05, 3.63) is 23.7 Å². The molecule has 3 rings (SSSR count). The number of aryl methyl sites for hydroxylation is 1. The standard InChI is InChI=1S/C15H20F3N7/c1-9-12(8-25(23-9)10-4-5-24(3)7-10)21-14-20-6-11(15(16,17)18)13(19-2)22-14/h6,8,10H,4-5,7H2,1-3H3,(H2,19,20,21,22)/t10-/m1/s1. The van der Waals surface area contributed by atoms with Crippen LogP contribution in [0.15, 0.2) is 12.4 Å². The van der Waals surface area contributed by atoms with Crippen molar-refractivity contribution in [2.75, 3.05) is 37.8 Å². The Bertz CT molecular complexity index is 756. The molecule has 2 aromatic heterocycles. The summed E-state index contributed by atoms with van der Waals surface area (Å²) in [5, 5.41) is 9.91. The van der Waals surface area contributed by atoms with Crippen LogP contribution in [-0.2, 0) is 6.18 Å². The van der Waals surface area contributed by atoms with Crippen LogP contribution in [0.25, 0.3) is 0 Å². The predicted octanol–water partition coefficient (Wildman–Crippen LogP) is 2.66. The summed E-state index contributed by atoms with van der Waals surface area (Å²) in [6, 6.07) is 0.292. The second-order valence-electron chi connectivity index (χ2n) is 6.14. The van der Waals surface area contributed by atoms with E-state index in [0.29, 0.717) is 11.7 Å². The number of anilines is 3. The van der Waals surface area contributed by atoms with Crippen LogP contribution in [0.5, 0.6) is 0 Å². The van der Waals surface area contributed by atoms with Crippen molar-refractivity contribution in [1.29, 1.82) is 0 Å². The van der Waals surface area contributed by atoms with Crippen LogP contribution < -0.4 is 10.6 Å². The molecular formula is C15H20F3N7. The number of hydrogen-bond acceptors (Lipinski definition) is 6. The molecule has 7 nitrogen and oxygen atoms in total. The maximum Gasteiger partial charge on any atom is 0.421 e. The van der Waals surface area contributed by atoms with Gasteiger partial charge in [-0.15, -0.1) is 0 Å². The van der Waals surface area contributed by atoms with Crippen molar-refractivity contribution in [3.63, 3.8) is 0 Å². The van der Waals surface area contributed by atoms with E-state index in [-0.39, 0.29) is 11.8 Å². The number of likely N-dealkylation sites (N-methyl/N-ethyl adjacent to an activating group) is 1. The van der Waals surface area contributed by atoms with E-state index in [0.717, 1.165) is 31.4 Å². The molecule has 1 atom stereocenters. The molecule has 0 saturated carbocycles. The third-order valence-corrected chi connectivity index (χ3v) is 4.23. The Hall–Kier alpha value is -2.36. The number of rotatable bonds is 4. The van der Waals surface area contributed by atoms with Gasteiger partial charge < -0.3 is 15.5 Å². The number of halogens is 3. The highest BCUT2D eigenvalue weighted by atomic mass is 19.4. The molecule has 1 aliphatic rings. The van der Waals surface area contributed by atoms with E-state index in [2.05, 4.69) is 37.6 Å². The lowest BCUT2D eigenvalue weighted by atomic mass is 10.3. The molecular weight excluding hydrogens is 335 g/mol. The molecule has 1 saturated heterocycles. The molecule has 136 valence electrons. The molecule has 25 heavy (non-hydrogen) atoms. The number of nitrogens with one attached hydrogen (secondary N) is 2. The van der Waals surface area contributed by atoms with Gasteiger partial charge in [0.05, 0.1) is 17.4 Å². The molecule has 10 heteroatoms. The van der Waals surface area contributed by atoms with E-state index < -0.39 is 11.7 Å². The van der Waals surface area contributed by atoms with Gasteiger partial charge in [0.2, 0.25) is 5.95 Å². The van der Waals surface area contributed by atoms with Gasteiger partial charge in [-0.05, 0) is 26.9 Å². The van der Waals surface area contributed by atoms with E-state index in [4.69, 9.17) is 0 Å². The van der Waals surface area contributed by atoms with Gasteiger partial charge >= 0.3 is 6.18 Å². The Balaban J connectivity index is 1.82. The van der Waals surface area contributed by atoms with Crippen molar-refractivity contribution in [3.8, 4) is 0 Å². The summed E-state index contributed by atoms with van der Waals surface area (Å²) in [6.45, 7) is 3.77. The zero-order chi connectivity index (χ0) is 18.2. The Morgan fingerprint density at radius 3 is 2.68 bits per heavy atom. The number of alkyl halides is 3. The largest absolute Gasteiger partial charge is 0.421 e. The second kappa shape index (κ2) is 6.51. The molecule has 0 unspecified atom stereocenters. The Morgan fingerprint density at radius 1 is 1.32 bits per heavy atom. The Morgan fingerprint density at radius 2 is 2.08 bits per heavy atom. The minimum absolute atomic E-state index is 0.0866. The van der Waals surface area contributed by atoms with E-state index in [1.165, 1.54) is 7.05 Å². The fraction of sp³-hybridized carbons (Fsp3) is 0.533. The minimum Gasteiger partial charge on any atom is -0.372 e. The molecule has 2 N–H and O–H groups in total. The summed E-state index contributed by atoms with van der Waals surface area (Å²) in [5.41, 5.74) is 0.516. The van der Waals surface area contributed by atoms with Gasteiger partial charge in [-0.25, -0.2) is 4.98 Å². The normalized spacial score (nSPS) is 18.6.